The third-order valence-electron chi connectivity index (χ3n) is 2.90. The number of aliphatic hydroxyl groups is 2. The van der Waals surface area contributed by atoms with Crippen LogP contribution in [0.1, 0.15) is 11.7 Å². The molecule has 0 saturated carbocycles. The Hall–Kier alpha value is -1.78. The zero-order valence-electron chi connectivity index (χ0n) is 9.94. The maximum Gasteiger partial charge on any atom is 0.106 e. The number of aliphatic hydroxyl groups excluding tert-OH is 2. The van der Waals surface area contributed by atoms with Gasteiger partial charge in [0.15, 0.2) is 0 Å². The van der Waals surface area contributed by atoms with Crippen molar-refractivity contribution in [3.05, 3.63) is 57.4 Å². The highest BCUT2D eigenvalue weighted by molar-refractivity contribution is 6.35. The first kappa shape index (κ1) is 13.6. The van der Waals surface area contributed by atoms with Gasteiger partial charge in [-0.15, -0.1) is 0 Å². The number of fused-ring (bicyclic) bond motifs is 1. The summed E-state index contributed by atoms with van der Waals surface area (Å²) in [5.74, 6) is 0. The second-order valence-electron chi connectivity index (χ2n) is 4.11. The highest BCUT2D eigenvalue weighted by atomic mass is 35.5. The van der Waals surface area contributed by atoms with Crippen LogP contribution in [0, 0.1) is 0 Å². The maximum atomic E-state index is 10.1. The van der Waals surface area contributed by atoms with Crippen molar-refractivity contribution in [2.75, 3.05) is 6.54 Å². The molecule has 5 nitrogen and oxygen atoms in total. The molecule has 2 unspecified atom stereocenters. The molecule has 0 aliphatic carbocycles. The molecule has 0 bridgehead atoms. The molecule has 0 aliphatic rings. The van der Waals surface area contributed by atoms with Gasteiger partial charge in [0.25, 0.3) is 0 Å². The summed E-state index contributed by atoms with van der Waals surface area (Å²) in [6.45, 7) is -0.196. The van der Waals surface area contributed by atoms with E-state index in [0.29, 0.717) is 16.0 Å². The molecule has 19 heavy (non-hydrogen) atoms. The first-order chi connectivity index (χ1) is 9.15. The van der Waals surface area contributed by atoms with E-state index >= 15 is 0 Å². The Morgan fingerprint density at radius 2 is 1.89 bits per heavy atom. The van der Waals surface area contributed by atoms with Crippen LogP contribution in [0.15, 0.2) is 41.5 Å². The van der Waals surface area contributed by atoms with Gasteiger partial charge in [0.2, 0.25) is 0 Å². The van der Waals surface area contributed by atoms with Gasteiger partial charge in [0, 0.05) is 15.3 Å². The Morgan fingerprint density at radius 3 is 2.58 bits per heavy atom. The third-order valence-corrected chi connectivity index (χ3v) is 3.22. The first-order valence-electron chi connectivity index (χ1n) is 5.69. The molecule has 0 amide bonds. The Balaban J connectivity index is 2.47. The van der Waals surface area contributed by atoms with Crippen molar-refractivity contribution in [1.29, 1.82) is 0 Å². The Morgan fingerprint density at radius 1 is 1.21 bits per heavy atom. The first-order valence-corrected chi connectivity index (χ1v) is 6.07. The Labute approximate surface area is 114 Å². The molecule has 0 spiro atoms. The van der Waals surface area contributed by atoms with Crippen molar-refractivity contribution >= 4 is 22.4 Å². The molecular weight excluding hydrogens is 266 g/mol. The van der Waals surface area contributed by atoms with E-state index in [4.69, 9.17) is 17.1 Å². The van der Waals surface area contributed by atoms with Crippen molar-refractivity contribution in [1.82, 2.24) is 0 Å². The van der Waals surface area contributed by atoms with Crippen LogP contribution in [0.3, 0.4) is 0 Å². The summed E-state index contributed by atoms with van der Waals surface area (Å²) in [6.07, 6.45) is -2.33. The lowest BCUT2D eigenvalue weighted by atomic mass is 9.97. The highest BCUT2D eigenvalue weighted by Crippen LogP contribution is 2.31. The van der Waals surface area contributed by atoms with Crippen LogP contribution in [0.25, 0.3) is 21.2 Å². The highest BCUT2D eigenvalue weighted by Gasteiger charge is 2.20. The summed E-state index contributed by atoms with van der Waals surface area (Å²) in [5.41, 5.74) is 8.75. The molecule has 0 heterocycles. The molecule has 2 atom stereocenters. The smallest absolute Gasteiger partial charge is 0.106 e. The van der Waals surface area contributed by atoms with Gasteiger partial charge >= 0.3 is 0 Å². The van der Waals surface area contributed by atoms with E-state index in [0.717, 1.165) is 5.39 Å². The maximum absolute atomic E-state index is 10.1. The van der Waals surface area contributed by atoms with Crippen LogP contribution in [0.4, 0.5) is 0 Å². The van der Waals surface area contributed by atoms with Crippen molar-refractivity contribution in [3.8, 4) is 0 Å². The number of halogens is 1. The zero-order valence-corrected chi connectivity index (χ0v) is 10.7. The molecule has 2 aromatic rings. The predicted molar refractivity (Wildman–Crippen MR) is 73.9 cm³/mol. The zero-order chi connectivity index (χ0) is 13.8. The van der Waals surface area contributed by atoms with Crippen LogP contribution < -0.4 is 0 Å². The number of rotatable bonds is 4. The second-order valence-corrected chi connectivity index (χ2v) is 4.52. The molecule has 98 valence electrons. The molecule has 6 heteroatoms. The summed E-state index contributed by atoms with van der Waals surface area (Å²) >= 11 is 6.14. The monoisotopic (exact) mass is 277 g/mol. The van der Waals surface area contributed by atoms with Crippen LogP contribution in [0.5, 0.6) is 0 Å². The summed E-state index contributed by atoms with van der Waals surface area (Å²) in [4.78, 5) is 2.56. The minimum atomic E-state index is -1.17. The van der Waals surface area contributed by atoms with Crippen molar-refractivity contribution in [2.24, 2.45) is 5.11 Å². The van der Waals surface area contributed by atoms with E-state index in [1.807, 2.05) is 18.2 Å². The van der Waals surface area contributed by atoms with Crippen molar-refractivity contribution in [3.63, 3.8) is 0 Å². The van der Waals surface area contributed by atoms with Gasteiger partial charge in [0.1, 0.15) is 6.10 Å². The second kappa shape index (κ2) is 5.91. The molecule has 0 fully saturated rings. The summed E-state index contributed by atoms with van der Waals surface area (Å²) in [5, 5.41) is 25.3. The van der Waals surface area contributed by atoms with Gasteiger partial charge < -0.3 is 10.2 Å². The normalized spacial score (nSPS) is 13.8. The molecule has 0 saturated heterocycles. The Bertz CT molecular complexity index is 636. The molecule has 0 radical (unpaired) electrons. The quantitative estimate of drug-likeness (QED) is 0.510. The number of hydrogen-bond donors (Lipinski definition) is 2. The van der Waals surface area contributed by atoms with Gasteiger partial charge in [-0.25, -0.2) is 0 Å². The molecule has 0 aromatic heterocycles. The number of hydrogen-bond acceptors (Lipinski definition) is 3. The lowest BCUT2D eigenvalue weighted by molar-refractivity contribution is 0.0253. The minimum Gasteiger partial charge on any atom is -0.390 e. The summed E-state index contributed by atoms with van der Waals surface area (Å²) in [7, 11) is 0. The molecule has 2 N–H and O–H groups in total. The van der Waals surface area contributed by atoms with E-state index in [2.05, 4.69) is 10.0 Å². The fourth-order valence-electron chi connectivity index (χ4n) is 2.00. The summed E-state index contributed by atoms with van der Waals surface area (Å²) in [6, 6.07) is 10.8. The largest absolute Gasteiger partial charge is 0.390 e. The third kappa shape index (κ3) is 2.80. The van der Waals surface area contributed by atoms with E-state index < -0.39 is 12.2 Å². The van der Waals surface area contributed by atoms with Gasteiger partial charge in [-0.1, -0.05) is 47.0 Å². The fraction of sp³-hybridized carbons (Fsp3) is 0.231. The predicted octanol–water partition coefficient (Wildman–Crippen LogP) is 3.20. The fourth-order valence-corrected chi connectivity index (χ4v) is 2.29. The van der Waals surface area contributed by atoms with Crippen LogP contribution in [-0.2, 0) is 0 Å². The molecule has 0 aliphatic heterocycles. The topological polar surface area (TPSA) is 89.2 Å². The van der Waals surface area contributed by atoms with E-state index in [1.165, 1.54) is 0 Å². The summed E-state index contributed by atoms with van der Waals surface area (Å²) < 4.78 is 0. The van der Waals surface area contributed by atoms with Crippen molar-refractivity contribution < 1.29 is 10.2 Å². The SMILES string of the molecule is [N-]=[N+]=NCC(O)C(O)c1cccc2cccc(Cl)c12. The van der Waals surface area contributed by atoms with Crippen LogP contribution >= 0.6 is 11.6 Å². The van der Waals surface area contributed by atoms with E-state index in [9.17, 15) is 10.2 Å². The molecule has 2 rings (SSSR count). The minimum absolute atomic E-state index is 0.196. The number of azide groups is 1. The Kier molecular flexibility index (Phi) is 4.24. The average molecular weight is 278 g/mol. The standard InChI is InChI=1S/C13H12ClN3O2/c14-10-6-2-4-8-3-1-5-9(12(8)10)13(19)11(18)7-16-17-15/h1-6,11,13,18-19H,7H2. The number of benzene rings is 2. The van der Waals surface area contributed by atoms with Crippen molar-refractivity contribution in [2.45, 2.75) is 12.2 Å². The van der Waals surface area contributed by atoms with Crippen LogP contribution in [0.2, 0.25) is 5.02 Å². The van der Waals surface area contributed by atoms with Gasteiger partial charge in [-0.05, 0) is 22.5 Å². The lowest BCUT2D eigenvalue weighted by Crippen LogP contribution is -2.21. The average Bonchev–Trinajstić information content (AvgIpc) is 2.43. The van der Waals surface area contributed by atoms with E-state index in [-0.39, 0.29) is 6.54 Å². The van der Waals surface area contributed by atoms with Crippen LogP contribution in [-0.4, -0.2) is 22.9 Å². The van der Waals surface area contributed by atoms with E-state index in [1.54, 1.807) is 18.2 Å². The molecule has 2 aromatic carbocycles. The van der Waals surface area contributed by atoms with Gasteiger partial charge in [0.05, 0.1) is 12.6 Å². The number of nitrogens with zero attached hydrogens (tertiary/aromatic N) is 3. The lowest BCUT2D eigenvalue weighted by Gasteiger charge is -2.18. The van der Waals surface area contributed by atoms with Gasteiger partial charge in [-0.2, -0.15) is 0 Å². The molecular formula is C13H12ClN3O2. The van der Waals surface area contributed by atoms with Gasteiger partial charge in [-0.3, -0.25) is 0 Å².